The predicted octanol–water partition coefficient (Wildman–Crippen LogP) is 2.63. The molecular formula is C21H24N4O4S3. The molecule has 0 aromatic heterocycles. The van der Waals surface area contributed by atoms with Crippen LogP contribution in [0, 0.1) is 5.92 Å². The first-order valence-electron chi connectivity index (χ1n) is 9.44. The molecular weight excluding hydrogens is 468 g/mol. The Kier molecular flexibility index (Phi) is 10.3. The number of hydrogen-bond acceptors (Lipinski definition) is 7. The average Bonchev–Trinajstić information content (AvgIpc) is 2.81. The lowest BCUT2D eigenvalue weighted by molar-refractivity contribution is -0.125. The number of carbonyl (C=O) groups excluding carboxylic acids is 3. The zero-order valence-corrected chi connectivity index (χ0v) is 20.0. The SMILES string of the molecule is COc1ccc(C(=O)NC(S)C(C=O)CC(=O)NNC(=S)Nc2ccc(SC)cc2)cc1. The molecule has 0 aliphatic rings. The van der Waals surface area contributed by atoms with Gasteiger partial charge in [0.15, 0.2) is 5.11 Å². The second-order valence-corrected chi connectivity index (χ2v) is 8.35. The summed E-state index contributed by atoms with van der Waals surface area (Å²) in [5.41, 5.74) is 6.15. The Hall–Kier alpha value is -2.76. The summed E-state index contributed by atoms with van der Waals surface area (Å²) in [6, 6.07) is 14.1. The van der Waals surface area contributed by atoms with Crippen molar-refractivity contribution >= 4 is 65.5 Å². The third-order valence-electron chi connectivity index (χ3n) is 4.30. The Balaban J connectivity index is 1.80. The van der Waals surface area contributed by atoms with E-state index in [1.807, 2.05) is 30.5 Å². The highest BCUT2D eigenvalue weighted by Crippen LogP contribution is 2.17. The van der Waals surface area contributed by atoms with Crippen molar-refractivity contribution in [3.05, 3.63) is 54.1 Å². The van der Waals surface area contributed by atoms with Crippen molar-refractivity contribution in [1.29, 1.82) is 0 Å². The monoisotopic (exact) mass is 492 g/mol. The number of carbonyl (C=O) groups is 3. The van der Waals surface area contributed by atoms with Crippen LogP contribution in [0.2, 0.25) is 0 Å². The smallest absolute Gasteiger partial charge is 0.252 e. The molecule has 8 nitrogen and oxygen atoms in total. The molecule has 170 valence electrons. The molecule has 0 saturated carbocycles. The van der Waals surface area contributed by atoms with Crippen LogP contribution in [0.1, 0.15) is 16.8 Å². The predicted molar refractivity (Wildman–Crippen MR) is 133 cm³/mol. The number of rotatable bonds is 9. The first-order chi connectivity index (χ1) is 15.4. The molecule has 0 radical (unpaired) electrons. The van der Waals surface area contributed by atoms with Gasteiger partial charge in [-0.3, -0.25) is 20.4 Å². The highest BCUT2D eigenvalue weighted by Gasteiger charge is 2.23. The molecule has 0 heterocycles. The summed E-state index contributed by atoms with van der Waals surface area (Å²) in [5.74, 6) is -1.14. The minimum atomic E-state index is -0.854. The number of anilines is 1. The fraction of sp³-hybridized carbons (Fsp3) is 0.238. The quantitative estimate of drug-likeness (QED) is 0.0908. The molecule has 2 amide bonds. The molecule has 4 N–H and O–H groups in total. The van der Waals surface area contributed by atoms with Gasteiger partial charge in [-0.05, 0) is 67.0 Å². The summed E-state index contributed by atoms with van der Waals surface area (Å²) in [5, 5.41) is 4.88. The zero-order chi connectivity index (χ0) is 23.5. The molecule has 11 heteroatoms. The number of hydrazine groups is 1. The topological polar surface area (TPSA) is 109 Å². The van der Waals surface area contributed by atoms with Gasteiger partial charge in [0.2, 0.25) is 5.91 Å². The third kappa shape index (κ3) is 8.06. The highest BCUT2D eigenvalue weighted by molar-refractivity contribution is 7.98. The number of amides is 2. The Labute approximate surface area is 201 Å². The molecule has 32 heavy (non-hydrogen) atoms. The minimum Gasteiger partial charge on any atom is -0.497 e. The van der Waals surface area contributed by atoms with E-state index in [9.17, 15) is 14.4 Å². The van der Waals surface area contributed by atoms with E-state index in [1.54, 1.807) is 36.0 Å². The number of nitrogens with one attached hydrogen (secondary N) is 4. The van der Waals surface area contributed by atoms with Gasteiger partial charge in [0, 0.05) is 22.6 Å². The first kappa shape index (κ1) is 25.5. The van der Waals surface area contributed by atoms with E-state index in [-0.39, 0.29) is 11.5 Å². The zero-order valence-electron chi connectivity index (χ0n) is 17.5. The van der Waals surface area contributed by atoms with Gasteiger partial charge in [0.1, 0.15) is 12.0 Å². The van der Waals surface area contributed by atoms with Gasteiger partial charge in [0.05, 0.1) is 18.4 Å². The molecule has 0 saturated heterocycles. The lowest BCUT2D eigenvalue weighted by atomic mass is 10.1. The number of thiol groups is 1. The Morgan fingerprint density at radius 2 is 1.78 bits per heavy atom. The number of benzene rings is 2. The van der Waals surface area contributed by atoms with Crippen LogP contribution < -0.4 is 26.2 Å². The largest absolute Gasteiger partial charge is 0.497 e. The van der Waals surface area contributed by atoms with E-state index in [1.165, 1.54) is 7.11 Å². The molecule has 0 bridgehead atoms. The van der Waals surface area contributed by atoms with Gasteiger partial charge < -0.3 is 20.2 Å². The molecule has 0 aliphatic heterocycles. The number of methoxy groups -OCH3 is 1. The lowest BCUT2D eigenvalue weighted by Crippen LogP contribution is -2.46. The van der Waals surface area contributed by atoms with Gasteiger partial charge in [-0.25, -0.2) is 0 Å². The van der Waals surface area contributed by atoms with Crippen molar-refractivity contribution in [3.8, 4) is 5.75 Å². The van der Waals surface area contributed by atoms with E-state index in [4.69, 9.17) is 17.0 Å². The molecule has 0 fully saturated rings. The van der Waals surface area contributed by atoms with Gasteiger partial charge in [-0.15, -0.1) is 11.8 Å². The molecule has 0 aliphatic carbocycles. The summed E-state index contributed by atoms with van der Waals surface area (Å²) in [6.07, 6.45) is 2.37. The number of hydrogen-bond donors (Lipinski definition) is 5. The third-order valence-corrected chi connectivity index (χ3v) is 5.76. The lowest BCUT2D eigenvalue weighted by Gasteiger charge is -2.19. The van der Waals surface area contributed by atoms with Crippen LogP contribution in [-0.4, -0.2) is 42.0 Å². The van der Waals surface area contributed by atoms with Crippen LogP contribution >= 0.6 is 36.6 Å². The summed E-state index contributed by atoms with van der Waals surface area (Å²) in [7, 11) is 1.53. The normalized spacial score (nSPS) is 12.1. The fourth-order valence-corrected chi connectivity index (χ4v) is 3.40. The Morgan fingerprint density at radius 3 is 2.34 bits per heavy atom. The highest BCUT2D eigenvalue weighted by atomic mass is 32.2. The second kappa shape index (κ2) is 12.9. The Morgan fingerprint density at radius 1 is 1.12 bits per heavy atom. The minimum absolute atomic E-state index is 0.188. The van der Waals surface area contributed by atoms with Gasteiger partial charge in [0.25, 0.3) is 5.91 Å². The number of thioether (sulfide) groups is 1. The summed E-state index contributed by atoms with van der Waals surface area (Å²) < 4.78 is 5.05. The summed E-state index contributed by atoms with van der Waals surface area (Å²) in [4.78, 5) is 37.1. The molecule has 2 aromatic carbocycles. The van der Waals surface area contributed by atoms with Crippen molar-refractivity contribution in [2.75, 3.05) is 18.7 Å². The molecule has 2 aromatic rings. The maximum absolute atomic E-state index is 12.3. The van der Waals surface area contributed by atoms with Crippen LogP contribution in [0.4, 0.5) is 5.69 Å². The second-order valence-electron chi connectivity index (χ2n) is 6.51. The van der Waals surface area contributed by atoms with E-state index >= 15 is 0 Å². The van der Waals surface area contributed by atoms with E-state index in [0.717, 1.165) is 10.6 Å². The average molecular weight is 493 g/mol. The first-order valence-corrected chi connectivity index (χ1v) is 11.6. The summed E-state index contributed by atoms with van der Waals surface area (Å²) in [6.45, 7) is 0. The van der Waals surface area contributed by atoms with Crippen molar-refractivity contribution in [1.82, 2.24) is 16.2 Å². The van der Waals surface area contributed by atoms with E-state index in [0.29, 0.717) is 17.6 Å². The van der Waals surface area contributed by atoms with Crippen LogP contribution in [0.3, 0.4) is 0 Å². The number of aldehydes is 1. The van der Waals surface area contributed by atoms with Gasteiger partial charge >= 0.3 is 0 Å². The van der Waals surface area contributed by atoms with Crippen molar-refractivity contribution in [2.45, 2.75) is 16.7 Å². The molecule has 0 spiro atoms. The number of thiocarbonyl (C=S) groups is 1. The Bertz CT molecular complexity index is 939. The van der Waals surface area contributed by atoms with Crippen molar-refractivity contribution in [2.24, 2.45) is 5.92 Å². The molecule has 2 rings (SSSR count). The van der Waals surface area contributed by atoms with Gasteiger partial charge in [-0.2, -0.15) is 12.6 Å². The molecule has 2 atom stereocenters. The summed E-state index contributed by atoms with van der Waals surface area (Å²) >= 11 is 11.0. The van der Waals surface area contributed by atoms with Gasteiger partial charge in [-0.1, -0.05) is 0 Å². The van der Waals surface area contributed by atoms with Crippen molar-refractivity contribution < 1.29 is 19.1 Å². The van der Waals surface area contributed by atoms with E-state index < -0.39 is 23.1 Å². The maximum Gasteiger partial charge on any atom is 0.252 e. The number of ether oxygens (including phenoxy) is 1. The van der Waals surface area contributed by atoms with Crippen molar-refractivity contribution in [3.63, 3.8) is 0 Å². The van der Waals surface area contributed by atoms with Crippen LogP contribution in [0.15, 0.2) is 53.4 Å². The fourth-order valence-electron chi connectivity index (χ4n) is 2.53. The van der Waals surface area contributed by atoms with E-state index in [2.05, 4.69) is 34.1 Å². The standard InChI is InChI=1S/C21H24N4O4S3/c1-29-16-7-3-13(4-8-16)19(28)23-20(30)14(12-26)11-18(27)24-25-21(31)22-15-5-9-17(32-2)10-6-15/h3-10,12,14,20,30H,11H2,1-2H3,(H,23,28)(H,24,27)(H2,22,25,31). The van der Waals surface area contributed by atoms with Crippen LogP contribution in [0.5, 0.6) is 5.75 Å². The van der Waals surface area contributed by atoms with Crippen LogP contribution in [-0.2, 0) is 9.59 Å². The van der Waals surface area contributed by atoms with Crippen LogP contribution in [0.25, 0.3) is 0 Å². The maximum atomic E-state index is 12.3. The molecule has 2 unspecified atom stereocenters.